The molecule has 1 aromatic carbocycles. The number of nitrogens with two attached hydrogens (primary N) is 1. The van der Waals surface area contributed by atoms with Gasteiger partial charge in [0.1, 0.15) is 24.5 Å². The van der Waals surface area contributed by atoms with Crippen molar-refractivity contribution in [2.24, 2.45) is 5.73 Å². The summed E-state index contributed by atoms with van der Waals surface area (Å²) in [5.74, 6) is -4.20. The van der Waals surface area contributed by atoms with E-state index in [1.165, 1.54) is 12.1 Å². The number of rotatable bonds is 3. The third-order valence-electron chi connectivity index (χ3n) is 2.26. The topological polar surface area (TPSA) is 90.3 Å². The average molecular weight is 307 g/mol. The molecule has 1 atom stereocenters. The van der Waals surface area contributed by atoms with Crippen LogP contribution < -0.4 is 5.73 Å². The van der Waals surface area contributed by atoms with Crippen LogP contribution in [0.5, 0.6) is 5.75 Å². The molecule has 0 radical (unpaired) electrons. The smallest absolute Gasteiger partial charge is 0.289 e. The first-order chi connectivity index (χ1) is 7.85. The number of aliphatic hydroxyl groups excluding tert-OH is 1. The van der Waals surface area contributed by atoms with Gasteiger partial charge in [-0.05, 0) is 12.1 Å². The lowest BCUT2D eigenvalue weighted by Gasteiger charge is -2.23. The highest BCUT2D eigenvalue weighted by Gasteiger charge is 2.40. The van der Waals surface area contributed by atoms with Crippen LogP contribution in [-0.2, 0) is 0 Å². The maximum atomic E-state index is 13.2. The molecule has 0 spiro atoms. The van der Waals surface area contributed by atoms with Crippen molar-refractivity contribution in [3.8, 4) is 11.8 Å². The van der Waals surface area contributed by atoms with E-state index in [0.717, 1.165) is 0 Å². The fourth-order valence-electron chi connectivity index (χ4n) is 1.28. The Balaban J connectivity index is 3.37. The van der Waals surface area contributed by atoms with Crippen LogP contribution >= 0.6 is 15.9 Å². The first kappa shape index (κ1) is 13.8. The molecular formula is C10H9BrF2N2O2. The van der Waals surface area contributed by atoms with Gasteiger partial charge in [0, 0.05) is 10.0 Å². The van der Waals surface area contributed by atoms with E-state index in [1.54, 1.807) is 6.07 Å². The number of hydrogen-bond donors (Lipinski definition) is 3. The van der Waals surface area contributed by atoms with Gasteiger partial charge < -0.3 is 15.9 Å². The van der Waals surface area contributed by atoms with Gasteiger partial charge in [-0.2, -0.15) is 5.26 Å². The highest BCUT2D eigenvalue weighted by Crippen LogP contribution is 2.39. The van der Waals surface area contributed by atoms with E-state index in [4.69, 9.17) is 16.1 Å². The Morgan fingerprint density at radius 1 is 1.53 bits per heavy atom. The highest BCUT2D eigenvalue weighted by atomic mass is 79.9. The lowest BCUT2D eigenvalue weighted by molar-refractivity contribution is -0.0717. The second-order valence-corrected chi connectivity index (χ2v) is 4.22. The molecule has 0 bridgehead atoms. The van der Waals surface area contributed by atoms with Crippen molar-refractivity contribution in [3.05, 3.63) is 27.7 Å². The van der Waals surface area contributed by atoms with Crippen molar-refractivity contribution in [3.63, 3.8) is 0 Å². The Morgan fingerprint density at radius 3 is 2.59 bits per heavy atom. The van der Waals surface area contributed by atoms with Crippen molar-refractivity contribution in [2.45, 2.75) is 12.0 Å². The molecule has 4 nitrogen and oxygen atoms in total. The van der Waals surface area contributed by atoms with Crippen LogP contribution in [0.15, 0.2) is 16.6 Å². The summed E-state index contributed by atoms with van der Waals surface area (Å²) < 4.78 is 26.6. The monoisotopic (exact) mass is 306 g/mol. The van der Waals surface area contributed by atoms with Crippen LogP contribution in [0.4, 0.5) is 8.78 Å². The van der Waals surface area contributed by atoms with Gasteiger partial charge in [0.2, 0.25) is 0 Å². The first-order valence-electron chi connectivity index (χ1n) is 4.51. The summed E-state index contributed by atoms with van der Waals surface area (Å²) >= 11 is 2.97. The van der Waals surface area contributed by atoms with Crippen molar-refractivity contribution >= 4 is 15.9 Å². The van der Waals surface area contributed by atoms with Crippen molar-refractivity contribution in [1.82, 2.24) is 0 Å². The van der Waals surface area contributed by atoms with E-state index < -0.39 is 24.3 Å². The lowest BCUT2D eigenvalue weighted by Crippen LogP contribution is -2.36. The Morgan fingerprint density at radius 2 is 2.12 bits per heavy atom. The first-order valence-corrected chi connectivity index (χ1v) is 5.30. The maximum Gasteiger partial charge on any atom is 0.289 e. The molecule has 1 rings (SSSR count). The highest BCUT2D eigenvalue weighted by molar-refractivity contribution is 9.10. The fourth-order valence-corrected chi connectivity index (χ4v) is 1.85. The number of alkyl halides is 2. The summed E-state index contributed by atoms with van der Waals surface area (Å²) in [5.41, 5.74) is 4.84. The second kappa shape index (κ2) is 4.96. The molecule has 4 N–H and O–H groups in total. The van der Waals surface area contributed by atoms with Gasteiger partial charge in [0.25, 0.3) is 5.92 Å². The van der Waals surface area contributed by atoms with Crippen LogP contribution in [0.3, 0.4) is 0 Å². The molecule has 0 saturated carbocycles. The van der Waals surface area contributed by atoms with Crippen LogP contribution in [0, 0.1) is 11.3 Å². The number of benzene rings is 1. The summed E-state index contributed by atoms with van der Waals surface area (Å²) in [6.45, 7) is -1.45. The van der Waals surface area contributed by atoms with E-state index in [0.29, 0.717) is 0 Å². The Hall–Kier alpha value is -1.23. The number of phenols is 1. The molecule has 0 aliphatic rings. The van der Waals surface area contributed by atoms with Gasteiger partial charge in [0.15, 0.2) is 0 Å². The van der Waals surface area contributed by atoms with Gasteiger partial charge in [-0.25, -0.2) is 8.78 Å². The average Bonchev–Trinajstić information content (AvgIpc) is 2.29. The van der Waals surface area contributed by atoms with Crippen LogP contribution in [-0.4, -0.2) is 22.7 Å². The molecule has 1 aromatic rings. The standard InChI is InChI=1S/C10H9BrF2N2O2/c11-6-2-1-5(3-14)8(17)7(6)9(15)10(12,13)4-16/h1-2,9,16-17H,4,15H2/t9-/m1/s1. The molecule has 0 aromatic heterocycles. The van der Waals surface area contributed by atoms with Crippen molar-refractivity contribution in [1.29, 1.82) is 5.26 Å². The summed E-state index contributed by atoms with van der Waals surface area (Å²) in [5, 5.41) is 26.9. The SMILES string of the molecule is N#Cc1ccc(Br)c([C@@H](N)C(F)(F)CO)c1O. The zero-order valence-electron chi connectivity index (χ0n) is 8.49. The zero-order valence-corrected chi connectivity index (χ0v) is 10.1. The third kappa shape index (κ3) is 2.54. The minimum absolute atomic E-state index is 0.148. The number of hydrogen-bond acceptors (Lipinski definition) is 4. The van der Waals surface area contributed by atoms with Gasteiger partial charge in [-0.15, -0.1) is 0 Å². The summed E-state index contributed by atoms with van der Waals surface area (Å²) in [7, 11) is 0. The van der Waals surface area contributed by atoms with Crippen molar-refractivity contribution < 1.29 is 19.0 Å². The lowest BCUT2D eigenvalue weighted by atomic mass is 9.98. The largest absolute Gasteiger partial charge is 0.506 e. The van der Waals surface area contributed by atoms with E-state index in [2.05, 4.69) is 15.9 Å². The molecular weight excluding hydrogens is 298 g/mol. The van der Waals surface area contributed by atoms with Gasteiger partial charge in [-0.1, -0.05) is 15.9 Å². The van der Waals surface area contributed by atoms with E-state index in [9.17, 15) is 13.9 Å². The summed E-state index contributed by atoms with van der Waals surface area (Å²) in [6.07, 6.45) is 0. The number of halogens is 3. The predicted molar refractivity (Wildman–Crippen MR) is 59.5 cm³/mol. The molecule has 0 aliphatic carbocycles. The van der Waals surface area contributed by atoms with Crippen molar-refractivity contribution in [2.75, 3.05) is 6.61 Å². The molecule has 0 aliphatic heterocycles. The molecule has 0 unspecified atom stereocenters. The molecule has 17 heavy (non-hydrogen) atoms. The quantitative estimate of drug-likeness (QED) is 0.792. The minimum Gasteiger partial charge on any atom is -0.506 e. The number of phenolic OH excluding ortho intramolecular Hbond substituents is 1. The molecule has 0 heterocycles. The molecule has 7 heteroatoms. The van der Waals surface area contributed by atoms with Crippen LogP contribution in [0.25, 0.3) is 0 Å². The number of aliphatic hydroxyl groups is 1. The van der Waals surface area contributed by atoms with Crippen LogP contribution in [0.1, 0.15) is 17.2 Å². The molecule has 0 fully saturated rings. The van der Waals surface area contributed by atoms with E-state index in [1.807, 2.05) is 0 Å². The molecule has 0 amide bonds. The minimum atomic E-state index is -3.59. The Labute approximate surface area is 104 Å². The van der Waals surface area contributed by atoms with Gasteiger partial charge in [-0.3, -0.25) is 0 Å². The molecule has 92 valence electrons. The van der Waals surface area contributed by atoms with Crippen LogP contribution in [0.2, 0.25) is 0 Å². The second-order valence-electron chi connectivity index (χ2n) is 3.37. The van der Waals surface area contributed by atoms with Gasteiger partial charge >= 0.3 is 0 Å². The van der Waals surface area contributed by atoms with E-state index >= 15 is 0 Å². The maximum absolute atomic E-state index is 13.2. The summed E-state index contributed by atoms with van der Waals surface area (Å²) in [6, 6.07) is 2.35. The number of nitrogens with zero attached hydrogens (tertiary/aromatic N) is 1. The molecule has 0 saturated heterocycles. The Kier molecular flexibility index (Phi) is 4.03. The zero-order chi connectivity index (χ0) is 13.2. The normalized spacial score (nSPS) is 13.2. The number of aromatic hydroxyl groups is 1. The fraction of sp³-hybridized carbons (Fsp3) is 0.300. The van der Waals surface area contributed by atoms with Gasteiger partial charge in [0.05, 0.1) is 5.56 Å². The Bertz CT molecular complexity index is 474. The third-order valence-corrected chi connectivity index (χ3v) is 2.95. The number of nitriles is 1. The van der Waals surface area contributed by atoms with E-state index in [-0.39, 0.29) is 15.6 Å². The summed E-state index contributed by atoms with van der Waals surface area (Å²) in [4.78, 5) is 0. The predicted octanol–water partition coefficient (Wildman–Crippen LogP) is 1.65.